The van der Waals surface area contributed by atoms with Gasteiger partial charge in [-0.2, -0.15) is 0 Å². The molecule has 0 unspecified atom stereocenters. The Kier molecular flexibility index (Phi) is 4.94. The van der Waals surface area contributed by atoms with Crippen LogP contribution in [0.15, 0.2) is 35.5 Å². The number of rotatable bonds is 5. The zero-order valence-electron chi connectivity index (χ0n) is 8.64. The molecule has 1 N–H and O–H groups in total. The van der Waals surface area contributed by atoms with E-state index in [1.807, 2.05) is 37.3 Å². The van der Waals surface area contributed by atoms with Crippen molar-refractivity contribution in [3.63, 3.8) is 0 Å². The molecule has 4 heteroatoms. The molecule has 0 aliphatic rings. The molecule has 0 heterocycles. The molecule has 0 radical (unpaired) electrons. The van der Waals surface area contributed by atoms with E-state index in [1.54, 1.807) is 0 Å². The minimum absolute atomic E-state index is 0.245. The first-order chi connectivity index (χ1) is 7.33. The third-order valence-corrected chi connectivity index (χ3v) is 1.67. The van der Waals surface area contributed by atoms with Crippen LogP contribution in [0.2, 0.25) is 0 Å². The second-order valence-corrected chi connectivity index (χ2v) is 2.89. The summed E-state index contributed by atoms with van der Waals surface area (Å²) < 4.78 is 0. The summed E-state index contributed by atoms with van der Waals surface area (Å²) in [6.07, 6.45) is 1.13. The predicted octanol–water partition coefficient (Wildman–Crippen LogP) is 1.33. The maximum atomic E-state index is 10.9. The van der Waals surface area contributed by atoms with Crippen LogP contribution < -0.4 is 5.32 Å². The van der Waals surface area contributed by atoms with E-state index >= 15 is 0 Å². The minimum atomic E-state index is -0.245. The van der Waals surface area contributed by atoms with Gasteiger partial charge >= 0.3 is 0 Å². The quantitative estimate of drug-likeness (QED) is 0.583. The van der Waals surface area contributed by atoms with Gasteiger partial charge in [-0.05, 0) is 12.5 Å². The van der Waals surface area contributed by atoms with Crippen LogP contribution in [0.4, 0.5) is 0 Å². The van der Waals surface area contributed by atoms with E-state index in [0.717, 1.165) is 11.8 Å². The molecular weight excluding hydrogens is 192 g/mol. The van der Waals surface area contributed by atoms with Crippen molar-refractivity contribution in [3.8, 4) is 0 Å². The van der Waals surface area contributed by atoms with Crippen LogP contribution in [-0.4, -0.2) is 18.7 Å². The summed E-state index contributed by atoms with van der Waals surface area (Å²) in [4.78, 5) is 15.9. The largest absolute Gasteiger partial charge is 0.391 e. The molecule has 15 heavy (non-hydrogen) atoms. The van der Waals surface area contributed by atoms with Gasteiger partial charge in [0.1, 0.15) is 12.8 Å². The number of hydrogen-bond acceptors (Lipinski definition) is 3. The van der Waals surface area contributed by atoms with Gasteiger partial charge in [-0.1, -0.05) is 35.5 Å². The molecule has 1 aromatic carbocycles. The van der Waals surface area contributed by atoms with Crippen LogP contribution in [0.1, 0.15) is 12.5 Å². The number of nitrogens with zero attached hydrogens (tertiary/aromatic N) is 1. The SMILES string of the molecule is CCNC(=O)/C=N/OCc1ccccc1. The van der Waals surface area contributed by atoms with Gasteiger partial charge in [0.05, 0.1) is 0 Å². The highest BCUT2D eigenvalue weighted by atomic mass is 16.6. The molecule has 0 spiro atoms. The van der Waals surface area contributed by atoms with Crippen molar-refractivity contribution in [2.45, 2.75) is 13.5 Å². The van der Waals surface area contributed by atoms with Gasteiger partial charge in [0, 0.05) is 6.54 Å². The maximum Gasteiger partial charge on any atom is 0.265 e. The van der Waals surface area contributed by atoms with Crippen LogP contribution in [-0.2, 0) is 16.2 Å². The predicted molar refractivity (Wildman–Crippen MR) is 58.4 cm³/mol. The molecule has 0 fully saturated rings. The summed E-state index contributed by atoms with van der Waals surface area (Å²) in [6.45, 7) is 2.80. The Labute approximate surface area is 88.9 Å². The van der Waals surface area contributed by atoms with Gasteiger partial charge in [0.15, 0.2) is 0 Å². The molecule has 1 rings (SSSR count). The van der Waals surface area contributed by atoms with Gasteiger partial charge in [-0.25, -0.2) is 0 Å². The number of benzene rings is 1. The van der Waals surface area contributed by atoms with E-state index in [4.69, 9.17) is 4.84 Å². The fourth-order valence-corrected chi connectivity index (χ4v) is 0.991. The third kappa shape index (κ3) is 4.81. The van der Waals surface area contributed by atoms with E-state index in [0.29, 0.717) is 13.2 Å². The Bertz CT molecular complexity index is 323. The molecule has 4 nitrogen and oxygen atoms in total. The second kappa shape index (κ2) is 6.59. The molecule has 80 valence electrons. The zero-order chi connectivity index (χ0) is 10.9. The zero-order valence-corrected chi connectivity index (χ0v) is 8.64. The number of oxime groups is 1. The monoisotopic (exact) mass is 206 g/mol. The normalized spacial score (nSPS) is 10.2. The van der Waals surface area contributed by atoms with E-state index in [-0.39, 0.29) is 5.91 Å². The van der Waals surface area contributed by atoms with Crippen molar-refractivity contribution in [1.29, 1.82) is 0 Å². The fourth-order valence-electron chi connectivity index (χ4n) is 0.991. The van der Waals surface area contributed by atoms with E-state index in [1.165, 1.54) is 0 Å². The Morgan fingerprint density at radius 3 is 2.87 bits per heavy atom. The molecule has 1 amide bonds. The number of hydrogen-bond donors (Lipinski definition) is 1. The Morgan fingerprint density at radius 2 is 2.20 bits per heavy atom. The number of amides is 1. The van der Waals surface area contributed by atoms with Gasteiger partial charge in [-0.15, -0.1) is 0 Å². The summed E-state index contributed by atoms with van der Waals surface area (Å²) in [5.74, 6) is -0.245. The summed E-state index contributed by atoms with van der Waals surface area (Å²) in [7, 11) is 0. The third-order valence-electron chi connectivity index (χ3n) is 1.67. The van der Waals surface area contributed by atoms with Crippen LogP contribution in [0.5, 0.6) is 0 Å². The van der Waals surface area contributed by atoms with E-state index in [9.17, 15) is 4.79 Å². The van der Waals surface area contributed by atoms with E-state index in [2.05, 4.69) is 10.5 Å². The molecule has 0 aromatic heterocycles. The lowest BCUT2D eigenvalue weighted by Gasteiger charge is -1.98. The van der Waals surface area contributed by atoms with Gasteiger partial charge in [-0.3, -0.25) is 4.79 Å². The van der Waals surface area contributed by atoms with Crippen LogP contribution in [0.25, 0.3) is 0 Å². The van der Waals surface area contributed by atoms with Crippen LogP contribution >= 0.6 is 0 Å². The summed E-state index contributed by atoms with van der Waals surface area (Å²) in [5.41, 5.74) is 1.02. The minimum Gasteiger partial charge on any atom is -0.391 e. The van der Waals surface area contributed by atoms with Crippen molar-refractivity contribution in [3.05, 3.63) is 35.9 Å². The average molecular weight is 206 g/mol. The highest BCUT2D eigenvalue weighted by Gasteiger charge is 1.92. The first-order valence-corrected chi connectivity index (χ1v) is 4.80. The summed E-state index contributed by atoms with van der Waals surface area (Å²) in [6, 6.07) is 9.64. The Balaban J connectivity index is 2.24. The van der Waals surface area contributed by atoms with Crippen molar-refractivity contribution < 1.29 is 9.63 Å². The molecule has 0 saturated carbocycles. The summed E-state index contributed by atoms with van der Waals surface area (Å²) >= 11 is 0. The van der Waals surface area contributed by atoms with E-state index < -0.39 is 0 Å². The molecule has 0 saturated heterocycles. The molecular formula is C11H14N2O2. The molecule has 0 aliphatic carbocycles. The number of carbonyl (C=O) groups is 1. The summed E-state index contributed by atoms with van der Waals surface area (Å²) in [5, 5.41) is 6.12. The smallest absolute Gasteiger partial charge is 0.265 e. The van der Waals surface area contributed by atoms with Crippen LogP contribution in [0.3, 0.4) is 0 Å². The topological polar surface area (TPSA) is 50.7 Å². The molecule has 0 atom stereocenters. The second-order valence-electron chi connectivity index (χ2n) is 2.89. The van der Waals surface area contributed by atoms with Crippen LogP contribution in [0, 0.1) is 0 Å². The van der Waals surface area contributed by atoms with Crippen molar-refractivity contribution >= 4 is 12.1 Å². The van der Waals surface area contributed by atoms with Gasteiger partial charge in [0.25, 0.3) is 5.91 Å². The number of carbonyl (C=O) groups excluding carboxylic acids is 1. The average Bonchev–Trinajstić information content (AvgIpc) is 2.26. The van der Waals surface area contributed by atoms with Gasteiger partial charge < -0.3 is 10.2 Å². The lowest BCUT2D eigenvalue weighted by molar-refractivity contribution is -0.114. The fraction of sp³-hybridized carbons (Fsp3) is 0.273. The maximum absolute atomic E-state index is 10.9. The molecule has 0 bridgehead atoms. The van der Waals surface area contributed by atoms with Crippen molar-refractivity contribution in [2.75, 3.05) is 6.54 Å². The standard InChI is InChI=1S/C11H14N2O2/c1-2-12-11(14)8-13-15-9-10-6-4-3-5-7-10/h3-8H,2,9H2,1H3,(H,12,14)/b13-8+. The van der Waals surface area contributed by atoms with Gasteiger partial charge in [0.2, 0.25) is 0 Å². The molecule has 1 aromatic rings. The Morgan fingerprint density at radius 1 is 1.47 bits per heavy atom. The lowest BCUT2D eigenvalue weighted by Crippen LogP contribution is -2.23. The Hall–Kier alpha value is -1.84. The lowest BCUT2D eigenvalue weighted by atomic mass is 10.2. The molecule has 0 aliphatic heterocycles. The van der Waals surface area contributed by atoms with Crippen molar-refractivity contribution in [1.82, 2.24) is 5.32 Å². The first kappa shape index (κ1) is 11.2. The highest BCUT2D eigenvalue weighted by molar-refractivity contribution is 6.25. The number of nitrogens with one attached hydrogen (secondary N) is 1. The first-order valence-electron chi connectivity index (χ1n) is 4.80. The highest BCUT2D eigenvalue weighted by Crippen LogP contribution is 1.99. The van der Waals surface area contributed by atoms with Crippen molar-refractivity contribution in [2.24, 2.45) is 5.16 Å².